The van der Waals surface area contributed by atoms with Crippen LogP contribution >= 0.6 is 30.3 Å². The summed E-state index contributed by atoms with van der Waals surface area (Å²) < 4.78 is 15.1. The van der Waals surface area contributed by atoms with E-state index in [1.54, 1.807) is 6.07 Å². The Morgan fingerprint density at radius 2 is 1.07 bits per heavy atom. The SMILES string of the molecule is O=P(c1ccccc1)(c1cccc(Cl)c1Cl)C(c1ccccc1)c1ccccc1. The second-order valence-electron chi connectivity index (χ2n) is 6.79. The van der Waals surface area contributed by atoms with Crippen molar-refractivity contribution in [3.63, 3.8) is 0 Å². The lowest BCUT2D eigenvalue weighted by molar-refractivity contribution is 0.582. The maximum absolute atomic E-state index is 15.1. The van der Waals surface area contributed by atoms with E-state index in [2.05, 4.69) is 0 Å². The lowest BCUT2D eigenvalue weighted by atomic mass is 10.0. The van der Waals surface area contributed by atoms with Crippen LogP contribution in [0.4, 0.5) is 0 Å². The number of hydrogen-bond donors (Lipinski definition) is 0. The predicted molar refractivity (Wildman–Crippen MR) is 125 cm³/mol. The Bertz CT molecular complexity index is 1110. The van der Waals surface area contributed by atoms with Gasteiger partial charge in [-0.2, -0.15) is 0 Å². The third-order valence-corrected chi connectivity index (χ3v) is 9.45. The van der Waals surface area contributed by atoms with Crippen molar-refractivity contribution in [2.45, 2.75) is 5.66 Å². The van der Waals surface area contributed by atoms with Crippen molar-refractivity contribution in [1.29, 1.82) is 0 Å². The Morgan fingerprint density at radius 1 is 0.586 bits per heavy atom. The van der Waals surface area contributed by atoms with E-state index in [0.29, 0.717) is 15.3 Å². The van der Waals surface area contributed by atoms with Crippen molar-refractivity contribution in [2.75, 3.05) is 0 Å². The summed E-state index contributed by atoms with van der Waals surface area (Å²) in [6, 6.07) is 34.8. The van der Waals surface area contributed by atoms with Crippen molar-refractivity contribution in [3.8, 4) is 0 Å². The van der Waals surface area contributed by atoms with E-state index in [-0.39, 0.29) is 5.66 Å². The summed E-state index contributed by atoms with van der Waals surface area (Å²) in [7, 11) is -3.26. The van der Waals surface area contributed by atoms with Gasteiger partial charge in [-0.1, -0.05) is 120 Å². The van der Waals surface area contributed by atoms with Gasteiger partial charge in [0.15, 0.2) is 7.14 Å². The zero-order chi connectivity index (χ0) is 20.3. The van der Waals surface area contributed by atoms with Crippen molar-refractivity contribution in [1.82, 2.24) is 0 Å². The molecule has 0 spiro atoms. The molecule has 0 bridgehead atoms. The first-order valence-electron chi connectivity index (χ1n) is 9.32. The Balaban J connectivity index is 2.08. The first-order chi connectivity index (χ1) is 14.1. The highest BCUT2D eigenvalue weighted by Gasteiger charge is 2.40. The minimum Gasteiger partial charge on any atom is -0.313 e. The predicted octanol–water partition coefficient (Wildman–Crippen LogP) is 7.10. The van der Waals surface area contributed by atoms with Gasteiger partial charge in [0.2, 0.25) is 0 Å². The molecule has 0 heterocycles. The van der Waals surface area contributed by atoms with Gasteiger partial charge in [-0.3, -0.25) is 0 Å². The van der Waals surface area contributed by atoms with Gasteiger partial charge >= 0.3 is 0 Å². The third-order valence-electron chi connectivity index (χ3n) is 5.02. The van der Waals surface area contributed by atoms with Gasteiger partial charge in [0.1, 0.15) is 0 Å². The van der Waals surface area contributed by atoms with E-state index in [9.17, 15) is 0 Å². The Morgan fingerprint density at radius 3 is 1.59 bits per heavy atom. The first-order valence-corrected chi connectivity index (χ1v) is 11.9. The molecule has 0 saturated carbocycles. The molecule has 1 unspecified atom stereocenters. The zero-order valence-corrected chi connectivity index (χ0v) is 18.0. The van der Waals surface area contributed by atoms with E-state index in [4.69, 9.17) is 23.2 Å². The van der Waals surface area contributed by atoms with Crippen LogP contribution in [0.5, 0.6) is 0 Å². The standard InChI is InChI=1S/C25H19Cl2OP/c26-22-17-10-18-23(24(22)27)29(28,21-15-8-3-9-16-21)25(19-11-4-1-5-12-19)20-13-6-2-7-14-20/h1-18,25H. The number of hydrogen-bond acceptors (Lipinski definition) is 1. The highest BCUT2D eigenvalue weighted by Crippen LogP contribution is 2.61. The molecule has 0 saturated heterocycles. The monoisotopic (exact) mass is 436 g/mol. The summed E-state index contributed by atoms with van der Waals surface area (Å²) in [5.41, 5.74) is 1.56. The molecule has 0 radical (unpaired) electrons. The molecular formula is C25H19Cl2OP. The van der Waals surface area contributed by atoms with Crippen LogP contribution in [0, 0.1) is 0 Å². The van der Waals surface area contributed by atoms with Crippen LogP contribution in [-0.4, -0.2) is 0 Å². The van der Waals surface area contributed by atoms with Gasteiger partial charge in [-0.25, -0.2) is 0 Å². The average molecular weight is 437 g/mol. The van der Waals surface area contributed by atoms with Crippen LogP contribution in [0.15, 0.2) is 109 Å². The lowest BCUT2D eigenvalue weighted by Crippen LogP contribution is -2.23. The van der Waals surface area contributed by atoms with Gasteiger partial charge < -0.3 is 4.57 Å². The molecule has 4 heteroatoms. The lowest BCUT2D eigenvalue weighted by Gasteiger charge is -2.30. The molecule has 0 aliphatic rings. The zero-order valence-electron chi connectivity index (χ0n) is 15.6. The molecule has 0 aliphatic carbocycles. The van der Waals surface area contributed by atoms with Crippen LogP contribution in [0.2, 0.25) is 10.0 Å². The van der Waals surface area contributed by atoms with Crippen molar-refractivity contribution in [2.24, 2.45) is 0 Å². The Kier molecular flexibility index (Phi) is 5.92. The first kappa shape index (κ1) is 20.0. The van der Waals surface area contributed by atoms with E-state index < -0.39 is 7.14 Å². The normalized spacial score (nSPS) is 13.2. The largest absolute Gasteiger partial charge is 0.313 e. The quantitative estimate of drug-likeness (QED) is 0.305. The topological polar surface area (TPSA) is 17.1 Å². The van der Waals surface area contributed by atoms with Crippen molar-refractivity contribution >= 4 is 41.0 Å². The average Bonchev–Trinajstić information content (AvgIpc) is 2.78. The number of benzene rings is 4. The van der Waals surface area contributed by atoms with Crippen molar-refractivity contribution < 1.29 is 4.57 Å². The van der Waals surface area contributed by atoms with Gasteiger partial charge in [-0.05, 0) is 23.3 Å². The van der Waals surface area contributed by atoms with Crippen LogP contribution < -0.4 is 10.6 Å². The van der Waals surface area contributed by atoms with Gasteiger partial charge in [-0.15, -0.1) is 0 Å². The van der Waals surface area contributed by atoms with Crippen molar-refractivity contribution in [3.05, 3.63) is 130 Å². The van der Waals surface area contributed by atoms with Crippen LogP contribution in [0.1, 0.15) is 16.8 Å². The maximum Gasteiger partial charge on any atom is 0.156 e. The molecule has 1 nitrogen and oxygen atoms in total. The molecule has 144 valence electrons. The Labute approximate surface area is 181 Å². The summed E-state index contributed by atoms with van der Waals surface area (Å²) in [6.07, 6.45) is 0. The fraction of sp³-hybridized carbons (Fsp3) is 0.0400. The van der Waals surface area contributed by atoms with Gasteiger partial charge in [0.25, 0.3) is 0 Å². The number of rotatable bonds is 5. The molecular weight excluding hydrogens is 418 g/mol. The molecule has 4 aromatic carbocycles. The number of halogens is 2. The Hall–Kier alpha value is -2.31. The van der Waals surface area contributed by atoms with E-state index in [0.717, 1.165) is 16.4 Å². The molecule has 0 fully saturated rings. The van der Waals surface area contributed by atoms with Gasteiger partial charge in [0, 0.05) is 10.6 Å². The summed E-state index contributed by atoms with van der Waals surface area (Å²) in [6.45, 7) is 0. The molecule has 4 rings (SSSR count). The van der Waals surface area contributed by atoms with Crippen LogP contribution in [-0.2, 0) is 4.57 Å². The molecule has 1 atom stereocenters. The minimum absolute atomic E-state index is 0.346. The third kappa shape index (κ3) is 3.79. The van der Waals surface area contributed by atoms with E-state index in [1.165, 1.54) is 0 Å². The molecule has 0 amide bonds. The molecule has 0 aromatic heterocycles. The summed E-state index contributed by atoms with van der Waals surface area (Å²) in [5, 5.41) is 2.08. The second kappa shape index (κ2) is 8.59. The van der Waals surface area contributed by atoms with Crippen LogP contribution in [0.3, 0.4) is 0 Å². The minimum atomic E-state index is -3.26. The maximum atomic E-state index is 15.1. The summed E-state index contributed by atoms with van der Waals surface area (Å²) in [4.78, 5) is 0. The summed E-state index contributed by atoms with van der Waals surface area (Å²) >= 11 is 13.0. The fourth-order valence-corrected chi connectivity index (χ4v) is 7.82. The van der Waals surface area contributed by atoms with Gasteiger partial charge in [0.05, 0.1) is 15.7 Å². The molecule has 0 aliphatic heterocycles. The fourth-order valence-electron chi connectivity index (χ4n) is 3.71. The molecule has 0 N–H and O–H groups in total. The molecule has 29 heavy (non-hydrogen) atoms. The highest BCUT2D eigenvalue weighted by molar-refractivity contribution is 7.79. The highest BCUT2D eigenvalue weighted by atomic mass is 35.5. The van der Waals surface area contributed by atoms with Crippen LogP contribution in [0.25, 0.3) is 0 Å². The van der Waals surface area contributed by atoms with E-state index >= 15 is 4.57 Å². The van der Waals surface area contributed by atoms with E-state index in [1.807, 2.05) is 103 Å². The molecule has 4 aromatic rings. The second-order valence-corrected chi connectivity index (χ2v) is 10.4. The summed E-state index contributed by atoms with van der Waals surface area (Å²) in [5.74, 6) is 0. The smallest absolute Gasteiger partial charge is 0.156 e.